The minimum absolute atomic E-state index is 0.152. The van der Waals surface area contributed by atoms with E-state index in [1.54, 1.807) is 37.3 Å². The molecule has 0 aliphatic carbocycles. The summed E-state index contributed by atoms with van der Waals surface area (Å²) in [5.41, 5.74) is 1.11. The van der Waals surface area contributed by atoms with E-state index in [2.05, 4.69) is 27.4 Å². The van der Waals surface area contributed by atoms with Crippen molar-refractivity contribution in [3.63, 3.8) is 0 Å². The second-order valence-corrected chi connectivity index (χ2v) is 7.05. The van der Waals surface area contributed by atoms with Crippen molar-refractivity contribution in [2.24, 2.45) is 0 Å². The van der Waals surface area contributed by atoms with Crippen LogP contribution >= 0.6 is 23.1 Å². The number of benzene rings is 1. The van der Waals surface area contributed by atoms with Crippen LogP contribution in [0.2, 0.25) is 0 Å². The third-order valence-corrected chi connectivity index (χ3v) is 4.78. The van der Waals surface area contributed by atoms with Crippen LogP contribution in [0, 0.1) is 11.3 Å². The number of amides is 1. The Bertz CT molecular complexity index is 737. The van der Waals surface area contributed by atoms with Gasteiger partial charge in [0.15, 0.2) is 4.34 Å². The normalized spacial score (nSPS) is 11.3. The first-order chi connectivity index (χ1) is 11.1. The van der Waals surface area contributed by atoms with Gasteiger partial charge in [0.25, 0.3) is 0 Å². The number of nitriles is 1. The molecule has 0 saturated carbocycles. The standard InChI is InChI=1S/C15H15N5OS2/c1-3-7-17-14-19-20-15(23-14)22-10(2)13(21)18-12-6-4-5-11(8-12)9-16/h3-6,8,10H,1,7H2,2H3,(H,17,19)(H,18,21). The van der Waals surface area contributed by atoms with E-state index in [1.807, 2.05) is 6.07 Å². The molecule has 1 aromatic carbocycles. The number of anilines is 2. The van der Waals surface area contributed by atoms with Gasteiger partial charge in [-0.3, -0.25) is 4.79 Å². The molecule has 0 radical (unpaired) electrons. The summed E-state index contributed by atoms with van der Waals surface area (Å²) in [5.74, 6) is -0.152. The number of carbonyl (C=O) groups is 1. The minimum Gasteiger partial charge on any atom is -0.357 e. The molecule has 1 atom stereocenters. The van der Waals surface area contributed by atoms with Gasteiger partial charge in [0.1, 0.15) is 0 Å². The van der Waals surface area contributed by atoms with E-state index in [1.165, 1.54) is 23.1 Å². The Morgan fingerprint density at radius 1 is 1.57 bits per heavy atom. The van der Waals surface area contributed by atoms with Crippen LogP contribution in [0.1, 0.15) is 12.5 Å². The molecule has 0 aliphatic heterocycles. The Labute approximate surface area is 142 Å². The summed E-state index contributed by atoms with van der Waals surface area (Å²) >= 11 is 2.73. The van der Waals surface area contributed by atoms with Crippen LogP contribution in [-0.2, 0) is 4.79 Å². The molecule has 2 rings (SSSR count). The highest BCUT2D eigenvalue weighted by atomic mass is 32.2. The van der Waals surface area contributed by atoms with Gasteiger partial charge in [-0.15, -0.1) is 16.8 Å². The summed E-state index contributed by atoms with van der Waals surface area (Å²) in [6.07, 6.45) is 1.74. The Morgan fingerprint density at radius 2 is 2.39 bits per heavy atom. The molecule has 1 amide bonds. The maximum Gasteiger partial charge on any atom is 0.237 e. The van der Waals surface area contributed by atoms with Crippen molar-refractivity contribution in [3.05, 3.63) is 42.5 Å². The molecule has 2 N–H and O–H groups in total. The fraction of sp³-hybridized carbons (Fsp3) is 0.200. The number of rotatable bonds is 7. The van der Waals surface area contributed by atoms with E-state index in [-0.39, 0.29) is 11.2 Å². The van der Waals surface area contributed by atoms with Crippen LogP contribution in [-0.4, -0.2) is 27.9 Å². The van der Waals surface area contributed by atoms with Gasteiger partial charge in [-0.1, -0.05) is 35.2 Å². The van der Waals surface area contributed by atoms with E-state index in [9.17, 15) is 4.79 Å². The van der Waals surface area contributed by atoms with E-state index in [4.69, 9.17) is 5.26 Å². The Balaban J connectivity index is 1.93. The van der Waals surface area contributed by atoms with Crippen molar-refractivity contribution in [2.75, 3.05) is 17.2 Å². The van der Waals surface area contributed by atoms with Gasteiger partial charge in [-0.25, -0.2) is 0 Å². The van der Waals surface area contributed by atoms with Gasteiger partial charge in [0.05, 0.1) is 16.9 Å². The molecule has 0 bridgehead atoms. The van der Waals surface area contributed by atoms with E-state index in [0.29, 0.717) is 27.3 Å². The zero-order valence-corrected chi connectivity index (χ0v) is 14.1. The molecule has 23 heavy (non-hydrogen) atoms. The van der Waals surface area contributed by atoms with Gasteiger partial charge in [0, 0.05) is 12.2 Å². The molecule has 6 nitrogen and oxygen atoms in total. The largest absolute Gasteiger partial charge is 0.357 e. The number of thioether (sulfide) groups is 1. The lowest BCUT2D eigenvalue weighted by Gasteiger charge is -2.10. The number of aromatic nitrogens is 2. The Hall–Kier alpha value is -2.37. The van der Waals surface area contributed by atoms with Crippen molar-refractivity contribution in [3.8, 4) is 6.07 Å². The van der Waals surface area contributed by atoms with Gasteiger partial charge in [0.2, 0.25) is 11.0 Å². The molecule has 0 saturated heterocycles. The number of hydrogen-bond donors (Lipinski definition) is 2. The number of nitrogens with zero attached hydrogens (tertiary/aromatic N) is 3. The topological polar surface area (TPSA) is 90.7 Å². The van der Waals surface area contributed by atoms with Crippen molar-refractivity contribution < 1.29 is 4.79 Å². The van der Waals surface area contributed by atoms with Gasteiger partial charge >= 0.3 is 0 Å². The summed E-state index contributed by atoms with van der Waals surface area (Å²) in [7, 11) is 0. The number of nitrogens with one attached hydrogen (secondary N) is 2. The number of carbonyl (C=O) groups excluding carboxylic acids is 1. The lowest BCUT2D eigenvalue weighted by molar-refractivity contribution is -0.115. The molecule has 1 heterocycles. The van der Waals surface area contributed by atoms with E-state index in [0.717, 1.165) is 0 Å². The maximum absolute atomic E-state index is 12.2. The van der Waals surface area contributed by atoms with Crippen molar-refractivity contribution in [1.82, 2.24) is 10.2 Å². The SMILES string of the molecule is C=CCNc1nnc(SC(C)C(=O)Nc2cccc(C#N)c2)s1. The molecule has 1 aromatic heterocycles. The number of hydrogen-bond acceptors (Lipinski definition) is 7. The molecule has 0 fully saturated rings. The Morgan fingerprint density at radius 3 is 3.13 bits per heavy atom. The molecule has 1 unspecified atom stereocenters. The highest BCUT2D eigenvalue weighted by Gasteiger charge is 2.17. The first-order valence-electron chi connectivity index (χ1n) is 6.78. The van der Waals surface area contributed by atoms with Gasteiger partial charge < -0.3 is 10.6 Å². The third-order valence-electron chi connectivity index (χ3n) is 2.71. The van der Waals surface area contributed by atoms with E-state index < -0.39 is 0 Å². The Kier molecular flexibility index (Phi) is 6.14. The van der Waals surface area contributed by atoms with Crippen LogP contribution < -0.4 is 10.6 Å². The first-order valence-corrected chi connectivity index (χ1v) is 8.48. The van der Waals surface area contributed by atoms with Gasteiger partial charge in [-0.05, 0) is 25.1 Å². The monoisotopic (exact) mass is 345 g/mol. The van der Waals surface area contributed by atoms with Crippen LogP contribution in [0.15, 0.2) is 41.3 Å². The predicted octanol–water partition coefficient (Wildman–Crippen LogP) is 3.13. The average molecular weight is 345 g/mol. The quantitative estimate of drug-likeness (QED) is 0.592. The molecule has 0 spiro atoms. The zero-order chi connectivity index (χ0) is 16.7. The van der Waals surface area contributed by atoms with Crippen molar-refractivity contribution >= 4 is 39.8 Å². The lowest BCUT2D eigenvalue weighted by Crippen LogP contribution is -2.22. The highest BCUT2D eigenvalue weighted by molar-refractivity contribution is 8.02. The summed E-state index contributed by atoms with van der Waals surface area (Å²) in [4.78, 5) is 12.2. The lowest BCUT2D eigenvalue weighted by atomic mass is 10.2. The molecule has 8 heteroatoms. The highest BCUT2D eigenvalue weighted by Crippen LogP contribution is 2.29. The van der Waals surface area contributed by atoms with Crippen molar-refractivity contribution in [1.29, 1.82) is 5.26 Å². The molecule has 2 aromatic rings. The molecule has 0 aliphatic rings. The van der Waals surface area contributed by atoms with Gasteiger partial charge in [-0.2, -0.15) is 5.26 Å². The fourth-order valence-electron chi connectivity index (χ4n) is 1.60. The zero-order valence-electron chi connectivity index (χ0n) is 12.4. The van der Waals surface area contributed by atoms with E-state index >= 15 is 0 Å². The fourth-order valence-corrected chi connectivity index (χ4v) is 3.51. The second kappa shape index (κ2) is 8.31. The van der Waals surface area contributed by atoms with Crippen LogP contribution in [0.3, 0.4) is 0 Å². The second-order valence-electron chi connectivity index (χ2n) is 4.48. The average Bonchev–Trinajstić information content (AvgIpc) is 3.00. The van der Waals surface area contributed by atoms with Crippen LogP contribution in [0.5, 0.6) is 0 Å². The summed E-state index contributed by atoms with van der Waals surface area (Å²) < 4.78 is 0.713. The van der Waals surface area contributed by atoms with Crippen molar-refractivity contribution in [2.45, 2.75) is 16.5 Å². The first kappa shape index (κ1) is 17.0. The van der Waals surface area contributed by atoms with Crippen LogP contribution in [0.25, 0.3) is 0 Å². The molecular weight excluding hydrogens is 330 g/mol. The summed E-state index contributed by atoms with van der Waals surface area (Å²) in [5, 5.41) is 23.1. The molecular formula is C15H15N5OS2. The summed E-state index contributed by atoms with van der Waals surface area (Å²) in [6.45, 7) is 6.04. The maximum atomic E-state index is 12.2. The third kappa shape index (κ3) is 5.09. The summed E-state index contributed by atoms with van der Waals surface area (Å²) in [6, 6.07) is 8.84. The minimum atomic E-state index is -0.332. The predicted molar refractivity (Wildman–Crippen MR) is 93.7 cm³/mol. The van der Waals surface area contributed by atoms with Crippen LogP contribution in [0.4, 0.5) is 10.8 Å². The molecule has 118 valence electrons. The smallest absolute Gasteiger partial charge is 0.237 e.